The van der Waals surface area contributed by atoms with Crippen molar-refractivity contribution < 1.29 is 9.90 Å². The second-order valence-electron chi connectivity index (χ2n) is 6.61. The van der Waals surface area contributed by atoms with Crippen molar-refractivity contribution in [1.29, 1.82) is 0 Å². The summed E-state index contributed by atoms with van der Waals surface area (Å²) in [5.41, 5.74) is 4.08. The highest BCUT2D eigenvalue weighted by Gasteiger charge is 2.34. The predicted molar refractivity (Wildman–Crippen MR) is 96.0 cm³/mol. The first-order valence-electron chi connectivity index (χ1n) is 8.52. The van der Waals surface area contributed by atoms with E-state index in [2.05, 4.69) is 22.4 Å². The van der Waals surface area contributed by atoms with E-state index in [-0.39, 0.29) is 18.1 Å². The molecule has 1 aliphatic carbocycles. The zero-order valence-electron chi connectivity index (χ0n) is 13.9. The van der Waals surface area contributed by atoms with E-state index in [0.717, 1.165) is 31.4 Å². The maximum absolute atomic E-state index is 12.4. The van der Waals surface area contributed by atoms with Crippen LogP contribution >= 0.6 is 11.3 Å². The highest BCUT2D eigenvalue weighted by atomic mass is 32.1. The van der Waals surface area contributed by atoms with E-state index >= 15 is 0 Å². The largest absolute Gasteiger partial charge is 0.393 e. The molecule has 1 atom stereocenters. The molecule has 1 aliphatic rings. The van der Waals surface area contributed by atoms with Gasteiger partial charge in [-0.15, -0.1) is 11.3 Å². The van der Waals surface area contributed by atoms with Gasteiger partial charge in [0.2, 0.25) is 5.91 Å². The highest BCUT2D eigenvalue weighted by Crippen LogP contribution is 2.31. The third-order valence-corrected chi connectivity index (χ3v) is 5.78. The second-order valence-corrected chi connectivity index (χ2v) is 7.55. The van der Waals surface area contributed by atoms with E-state index in [0.29, 0.717) is 12.3 Å². The molecule has 5 heteroatoms. The first-order chi connectivity index (χ1) is 11.6. The molecule has 128 valence electrons. The summed E-state index contributed by atoms with van der Waals surface area (Å²) in [5, 5.41) is 12.8. The van der Waals surface area contributed by atoms with Crippen LogP contribution in [0.15, 0.2) is 35.8 Å². The zero-order chi connectivity index (χ0) is 16.9. The Bertz CT molecular complexity index is 665. The number of hydrogen-bond donors (Lipinski definition) is 2. The average Bonchev–Trinajstić information content (AvgIpc) is 2.95. The molecule has 24 heavy (non-hydrogen) atoms. The molecule has 1 unspecified atom stereocenters. The Hall–Kier alpha value is -1.72. The Morgan fingerprint density at radius 1 is 1.38 bits per heavy atom. The summed E-state index contributed by atoms with van der Waals surface area (Å²) >= 11 is 1.61. The molecule has 3 rings (SSSR count). The fraction of sp³-hybridized carbons (Fsp3) is 0.474. The first-order valence-corrected chi connectivity index (χ1v) is 9.40. The van der Waals surface area contributed by atoms with Gasteiger partial charge in [-0.2, -0.15) is 0 Å². The summed E-state index contributed by atoms with van der Waals surface area (Å²) in [5.74, 6) is 0.458. The molecule has 0 aliphatic heterocycles. The van der Waals surface area contributed by atoms with Crippen LogP contribution in [0.2, 0.25) is 0 Å². The van der Waals surface area contributed by atoms with Gasteiger partial charge in [-0.3, -0.25) is 4.79 Å². The molecule has 1 heterocycles. The lowest BCUT2D eigenvalue weighted by Crippen LogP contribution is -2.48. The van der Waals surface area contributed by atoms with E-state index in [4.69, 9.17) is 0 Å². The van der Waals surface area contributed by atoms with Gasteiger partial charge in [0.25, 0.3) is 0 Å². The number of thiazole rings is 1. The lowest BCUT2D eigenvalue weighted by Gasteiger charge is -2.38. The lowest BCUT2D eigenvalue weighted by molar-refractivity contribution is -0.122. The molecule has 0 saturated heterocycles. The van der Waals surface area contributed by atoms with Crippen LogP contribution in [0.4, 0.5) is 0 Å². The van der Waals surface area contributed by atoms with Gasteiger partial charge >= 0.3 is 0 Å². The minimum atomic E-state index is -0.204. The third-order valence-electron chi connectivity index (χ3n) is 4.79. The van der Waals surface area contributed by atoms with E-state index in [1.807, 2.05) is 30.6 Å². The van der Waals surface area contributed by atoms with Gasteiger partial charge < -0.3 is 10.4 Å². The molecule has 1 fully saturated rings. The fourth-order valence-electron chi connectivity index (χ4n) is 3.23. The monoisotopic (exact) mass is 344 g/mol. The first kappa shape index (κ1) is 17.1. The van der Waals surface area contributed by atoms with E-state index < -0.39 is 0 Å². The number of carbonyl (C=O) groups is 1. The minimum absolute atomic E-state index is 0.0881. The molecule has 1 aromatic heterocycles. The third kappa shape index (κ3) is 4.42. The van der Waals surface area contributed by atoms with Crippen LogP contribution in [-0.4, -0.2) is 28.1 Å². The number of rotatable bonds is 7. The summed E-state index contributed by atoms with van der Waals surface area (Å²) in [6.07, 6.45) is 3.42. The summed E-state index contributed by atoms with van der Waals surface area (Å²) < 4.78 is 0. The van der Waals surface area contributed by atoms with Crippen molar-refractivity contribution in [2.45, 2.75) is 51.2 Å². The number of aromatic nitrogens is 1. The number of nitrogens with zero attached hydrogens (tertiary/aromatic N) is 1. The van der Waals surface area contributed by atoms with Crippen molar-refractivity contribution in [1.82, 2.24) is 10.3 Å². The number of nitrogens with one attached hydrogen (secondary N) is 1. The molecular weight excluding hydrogens is 320 g/mol. The molecule has 1 aromatic carbocycles. The number of aliphatic hydroxyl groups is 1. The molecular formula is C19H24N2O2S. The molecule has 4 nitrogen and oxygen atoms in total. The van der Waals surface area contributed by atoms with Crippen LogP contribution in [0.5, 0.6) is 0 Å². The number of hydrogen-bond acceptors (Lipinski definition) is 4. The van der Waals surface area contributed by atoms with Gasteiger partial charge in [-0.05, 0) is 44.1 Å². The molecule has 2 N–H and O–H groups in total. The van der Waals surface area contributed by atoms with Crippen LogP contribution in [0.1, 0.15) is 35.4 Å². The fourth-order valence-corrected chi connectivity index (χ4v) is 4.02. The smallest absolute Gasteiger partial charge is 0.220 e. The van der Waals surface area contributed by atoms with Gasteiger partial charge in [0.1, 0.15) is 0 Å². The summed E-state index contributed by atoms with van der Waals surface area (Å²) in [7, 11) is 0. The molecule has 1 amide bonds. The Labute approximate surface area is 146 Å². The quantitative estimate of drug-likeness (QED) is 0.812. The minimum Gasteiger partial charge on any atom is -0.393 e. The summed E-state index contributed by atoms with van der Waals surface area (Å²) in [6.45, 7) is 1.98. The van der Waals surface area contributed by atoms with Crippen LogP contribution in [-0.2, 0) is 17.6 Å². The molecule has 0 spiro atoms. The number of aliphatic hydroxyl groups excluding tert-OH is 1. The van der Waals surface area contributed by atoms with Gasteiger partial charge in [-0.1, -0.05) is 30.3 Å². The number of benzene rings is 1. The van der Waals surface area contributed by atoms with Crippen LogP contribution < -0.4 is 5.32 Å². The molecule has 0 radical (unpaired) electrons. The standard InChI is InChI=1S/C19H24N2O2S/c1-13-18(24-12-20-13)7-8-19(23)21-17(15-10-16(22)11-15)9-14-5-3-2-4-6-14/h2-6,12,15-17,22H,7-11H2,1H3,(H,21,23). The SMILES string of the molecule is Cc1ncsc1CCC(=O)NC(Cc1ccccc1)C1CC(O)C1. The molecule has 0 bridgehead atoms. The van der Waals surface area contributed by atoms with Crippen molar-refractivity contribution in [3.05, 3.63) is 52.0 Å². The lowest BCUT2D eigenvalue weighted by atomic mass is 9.75. The van der Waals surface area contributed by atoms with Crippen molar-refractivity contribution in [3.63, 3.8) is 0 Å². The topological polar surface area (TPSA) is 62.2 Å². The maximum Gasteiger partial charge on any atom is 0.220 e. The van der Waals surface area contributed by atoms with Crippen LogP contribution in [0.25, 0.3) is 0 Å². The van der Waals surface area contributed by atoms with Crippen molar-refractivity contribution in [3.8, 4) is 0 Å². The van der Waals surface area contributed by atoms with Crippen LogP contribution in [0, 0.1) is 12.8 Å². The number of aryl methyl sites for hydroxylation is 2. The number of amides is 1. The summed E-state index contributed by atoms with van der Waals surface area (Å²) in [6, 6.07) is 10.3. The Morgan fingerprint density at radius 2 is 2.12 bits per heavy atom. The van der Waals surface area contributed by atoms with E-state index in [1.165, 1.54) is 10.4 Å². The normalized spacial score (nSPS) is 21.1. The second kappa shape index (κ2) is 7.90. The van der Waals surface area contributed by atoms with Crippen molar-refractivity contribution in [2.24, 2.45) is 5.92 Å². The van der Waals surface area contributed by atoms with Crippen molar-refractivity contribution in [2.75, 3.05) is 0 Å². The Balaban J connectivity index is 1.56. The van der Waals surface area contributed by atoms with Gasteiger partial charge in [0.05, 0.1) is 17.3 Å². The average molecular weight is 344 g/mol. The molecule has 1 saturated carbocycles. The Kier molecular flexibility index (Phi) is 5.63. The molecule has 2 aromatic rings. The summed E-state index contributed by atoms with van der Waals surface area (Å²) in [4.78, 5) is 17.8. The van der Waals surface area contributed by atoms with E-state index in [1.54, 1.807) is 11.3 Å². The van der Waals surface area contributed by atoms with Gasteiger partial charge in [-0.25, -0.2) is 4.98 Å². The van der Waals surface area contributed by atoms with Crippen LogP contribution in [0.3, 0.4) is 0 Å². The Morgan fingerprint density at radius 3 is 2.75 bits per heavy atom. The van der Waals surface area contributed by atoms with Gasteiger partial charge in [0.15, 0.2) is 0 Å². The van der Waals surface area contributed by atoms with Crippen molar-refractivity contribution >= 4 is 17.2 Å². The van der Waals surface area contributed by atoms with Gasteiger partial charge in [0, 0.05) is 17.3 Å². The highest BCUT2D eigenvalue weighted by molar-refractivity contribution is 7.09. The zero-order valence-corrected chi connectivity index (χ0v) is 14.8. The van der Waals surface area contributed by atoms with E-state index in [9.17, 15) is 9.90 Å². The number of carbonyl (C=O) groups excluding carboxylic acids is 1. The maximum atomic E-state index is 12.4. The predicted octanol–water partition coefficient (Wildman–Crippen LogP) is 2.88.